The van der Waals surface area contributed by atoms with Gasteiger partial charge in [-0.15, -0.1) is 0 Å². The quantitative estimate of drug-likeness (QED) is 0.609. The monoisotopic (exact) mass is 470 g/mol. The maximum atomic E-state index is 13.8. The predicted octanol–water partition coefficient (Wildman–Crippen LogP) is 5.05. The van der Waals surface area contributed by atoms with E-state index in [-0.39, 0.29) is 12.0 Å². The van der Waals surface area contributed by atoms with Crippen LogP contribution in [0.2, 0.25) is 5.02 Å². The zero-order chi connectivity index (χ0) is 22.9. The highest BCUT2D eigenvalue weighted by Crippen LogP contribution is 2.39. The fourth-order valence-corrected chi connectivity index (χ4v) is 4.44. The molecule has 0 saturated carbocycles. The second kappa shape index (κ2) is 9.21. The molecule has 1 atom stereocenters. The topological polar surface area (TPSA) is 50.7 Å². The number of nitrogens with zero attached hydrogens (tertiary/aromatic N) is 4. The van der Waals surface area contributed by atoms with Gasteiger partial charge in [-0.25, -0.2) is 9.97 Å². The third kappa shape index (κ3) is 4.98. The predicted molar refractivity (Wildman–Crippen MR) is 117 cm³/mol. The van der Waals surface area contributed by atoms with Crippen molar-refractivity contribution in [2.45, 2.75) is 38.5 Å². The van der Waals surface area contributed by atoms with Gasteiger partial charge >= 0.3 is 6.18 Å². The molecule has 2 aromatic heterocycles. The second-order valence-electron chi connectivity index (χ2n) is 8.37. The van der Waals surface area contributed by atoms with Crippen LogP contribution in [0.3, 0.4) is 0 Å². The summed E-state index contributed by atoms with van der Waals surface area (Å²) in [6, 6.07) is 2.92. The summed E-state index contributed by atoms with van der Waals surface area (Å²) in [5.74, 6) is 0.559. The molecule has 4 rings (SSSR count). The Kier molecular flexibility index (Phi) is 6.55. The fourth-order valence-electron chi connectivity index (χ4n) is 4.22. The molecule has 0 aromatic carbocycles. The minimum absolute atomic E-state index is 0.351. The molecule has 4 heterocycles. The minimum atomic E-state index is -4.54. The van der Waals surface area contributed by atoms with Crippen LogP contribution in [0.1, 0.15) is 31.7 Å². The van der Waals surface area contributed by atoms with Crippen molar-refractivity contribution in [2.75, 3.05) is 43.1 Å². The van der Waals surface area contributed by atoms with E-state index in [1.54, 1.807) is 6.07 Å². The molecule has 32 heavy (non-hydrogen) atoms. The number of pyridine rings is 2. The average Bonchev–Trinajstić information content (AvgIpc) is 3.20. The van der Waals surface area contributed by atoms with Gasteiger partial charge in [0, 0.05) is 45.1 Å². The van der Waals surface area contributed by atoms with Crippen LogP contribution < -0.4 is 19.3 Å². The fraction of sp³-hybridized carbons (Fsp3) is 0.545. The lowest BCUT2D eigenvalue weighted by Gasteiger charge is -2.34. The summed E-state index contributed by atoms with van der Waals surface area (Å²) in [7, 11) is 1.53. The highest BCUT2D eigenvalue weighted by atomic mass is 35.5. The molecule has 174 valence electrons. The first kappa shape index (κ1) is 22.8. The van der Waals surface area contributed by atoms with E-state index in [9.17, 15) is 13.2 Å². The second-order valence-corrected chi connectivity index (χ2v) is 8.77. The lowest BCUT2D eigenvalue weighted by Crippen LogP contribution is -2.38. The first-order valence-corrected chi connectivity index (χ1v) is 11.1. The van der Waals surface area contributed by atoms with E-state index in [2.05, 4.69) is 21.8 Å². The van der Waals surface area contributed by atoms with Gasteiger partial charge in [0.15, 0.2) is 0 Å². The number of methoxy groups -OCH3 is 1. The Hall–Kier alpha value is -2.42. The molecular formula is C22H26ClF3N4O2. The van der Waals surface area contributed by atoms with Gasteiger partial charge in [-0.3, -0.25) is 0 Å². The van der Waals surface area contributed by atoms with E-state index in [1.165, 1.54) is 25.6 Å². The third-order valence-corrected chi connectivity index (χ3v) is 6.30. The van der Waals surface area contributed by atoms with Gasteiger partial charge in [0.1, 0.15) is 11.7 Å². The molecule has 0 N–H and O–H groups in total. The highest BCUT2D eigenvalue weighted by Gasteiger charge is 2.37. The van der Waals surface area contributed by atoms with Crippen molar-refractivity contribution >= 4 is 23.0 Å². The zero-order valence-corrected chi connectivity index (χ0v) is 18.8. The summed E-state index contributed by atoms with van der Waals surface area (Å²) in [4.78, 5) is 12.2. The Morgan fingerprint density at radius 3 is 2.38 bits per heavy atom. The van der Waals surface area contributed by atoms with E-state index in [0.717, 1.165) is 25.2 Å². The van der Waals surface area contributed by atoms with E-state index in [0.29, 0.717) is 48.4 Å². The maximum absolute atomic E-state index is 13.8. The van der Waals surface area contributed by atoms with Crippen LogP contribution in [-0.4, -0.2) is 49.4 Å². The van der Waals surface area contributed by atoms with Crippen molar-refractivity contribution in [2.24, 2.45) is 5.92 Å². The number of ether oxygens (including phenoxy) is 2. The number of halogens is 4. The Bertz CT molecular complexity index is 951. The van der Waals surface area contributed by atoms with Gasteiger partial charge in [0.25, 0.3) is 0 Å². The molecule has 6 nitrogen and oxygen atoms in total. The first-order chi connectivity index (χ1) is 15.2. The van der Waals surface area contributed by atoms with E-state index in [4.69, 9.17) is 21.1 Å². The molecule has 0 amide bonds. The van der Waals surface area contributed by atoms with Gasteiger partial charge in [0.2, 0.25) is 11.8 Å². The molecule has 0 spiro atoms. The van der Waals surface area contributed by atoms with Crippen molar-refractivity contribution in [1.29, 1.82) is 0 Å². The van der Waals surface area contributed by atoms with E-state index < -0.39 is 11.7 Å². The van der Waals surface area contributed by atoms with Gasteiger partial charge in [-0.1, -0.05) is 18.5 Å². The molecule has 2 saturated heterocycles. The van der Waals surface area contributed by atoms with Crippen LogP contribution in [0.15, 0.2) is 24.5 Å². The maximum Gasteiger partial charge on any atom is 0.421 e. The van der Waals surface area contributed by atoms with Gasteiger partial charge < -0.3 is 19.3 Å². The minimum Gasteiger partial charge on any atom is -0.481 e. The first-order valence-electron chi connectivity index (χ1n) is 10.7. The Morgan fingerprint density at radius 2 is 1.75 bits per heavy atom. The largest absolute Gasteiger partial charge is 0.481 e. The molecule has 0 aliphatic carbocycles. The van der Waals surface area contributed by atoms with Crippen molar-refractivity contribution in [1.82, 2.24) is 9.97 Å². The molecule has 2 aliphatic heterocycles. The number of alkyl halides is 3. The van der Waals surface area contributed by atoms with Crippen LogP contribution in [0.4, 0.5) is 24.5 Å². The number of anilines is 2. The van der Waals surface area contributed by atoms with Crippen molar-refractivity contribution in [3.8, 4) is 11.8 Å². The summed E-state index contributed by atoms with van der Waals surface area (Å²) < 4.78 is 52.2. The molecule has 2 aromatic rings. The number of piperidine rings is 1. The van der Waals surface area contributed by atoms with Crippen molar-refractivity contribution in [3.05, 3.63) is 35.1 Å². The Labute approximate surface area is 190 Å². The molecule has 0 radical (unpaired) electrons. The van der Waals surface area contributed by atoms with Crippen LogP contribution in [0.25, 0.3) is 0 Å². The highest BCUT2D eigenvalue weighted by molar-refractivity contribution is 6.33. The number of rotatable bonds is 5. The number of hydrogen-bond donors (Lipinski definition) is 0. The Morgan fingerprint density at radius 1 is 1.03 bits per heavy atom. The third-order valence-electron chi connectivity index (χ3n) is 6.01. The summed E-state index contributed by atoms with van der Waals surface area (Å²) in [5, 5.41) is 0.498. The van der Waals surface area contributed by atoms with Gasteiger partial charge in [-0.2, -0.15) is 13.2 Å². The molecule has 2 aliphatic rings. The SMILES string of the molecule is COc1cc(N2CCC(Oc3ncc(N4CCC(C)C4)cc3C(F)(F)F)CC2)c(Cl)cn1. The molecule has 2 fully saturated rings. The van der Waals surface area contributed by atoms with Crippen LogP contribution in [0, 0.1) is 5.92 Å². The van der Waals surface area contributed by atoms with E-state index in [1.807, 2.05) is 4.90 Å². The lowest BCUT2D eigenvalue weighted by atomic mass is 10.1. The van der Waals surface area contributed by atoms with E-state index >= 15 is 0 Å². The average molecular weight is 471 g/mol. The summed E-state index contributed by atoms with van der Waals surface area (Å²) in [6.07, 6.45) is 0.176. The molecule has 10 heteroatoms. The van der Waals surface area contributed by atoms with Crippen molar-refractivity contribution in [3.63, 3.8) is 0 Å². The molecule has 1 unspecified atom stereocenters. The number of aromatic nitrogens is 2. The van der Waals surface area contributed by atoms with Crippen LogP contribution >= 0.6 is 11.6 Å². The summed E-state index contributed by atoms with van der Waals surface area (Å²) in [5.41, 5.74) is 0.458. The lowest BCUT2D eigenvalue weighted by molar-refractivity contribution is -0.139. The van der Waals surface area contributed by atoms with Gasteiger partial charge in [0.05, 0.1) is 35.9 Å². The van der Waals surface area contributed by atoms with Crippen molar-refractivity contribution < 1.29 is 22.6 Å². The van der Waals surface area contributed by atoms with Gasteiger partial charge in [-0.05, 0) is 18.4 Å². The normalized spacial score (nSPS) is 20.0. The Balaban J connectivity index is 1.45. The smallest absolute Gasteiger partial charge is 0.421 e. The zero-order valence-electron chi connectivity index (χ0n) is 18.0. The van der Waals surface area contributed by atoms with Crippen LogP contribution in [-0.2, 0) is 6.18 Å². The van der Waals surface area contributed by atoms with Crippen LogP contribution in [0.5, 0.6) is 11.8 Å². The summed E-state index contributed by atoms with van der Waals surface area (Å²) >= 11 is 6.27. The summed E-state index contributed by atoms with van der Waals surface area (Å²) in [6.45, 7) is 4.74. The molecular weight excluding hydrogens is 445 g/mol. The molecule has 0 bridgehead atoms. The standard InChI is InChI=1S/C22H26ClF3N4O2/c1-14-3-6-30(13-14)15-9-17(22(24,25)26)21(28-11-15)32-16-4-7-29(8-5-16)19-10-20(31-2)27-12-18(19)23/h9-12,14,16H,3-8,13H2,1-2H3. The number of hydrogen-bond acceptors (Lipinski definition) is 6.